The van der Waals surface area contributed by atoms with Gasteiger partial charge in [0.15, 0.2) is 5.76 Å². The van der Waals surface area contributed by atoms with Gasteiger partial charge in [-0.2, -0.15) is 0 Å². The number of hydrogen-bond donors (Lipinski definition) is 1. The highest BCUT2D eigenvalue weighted by molar-refractivity contribution is 5.91. The molecule has 152 valence electrons. The number of carboxylic acids is 1. The lowest BCUT2D eigenvalue weighted by molar-refractivity contribution is -0.150. The first-order valence-electron chi connectivity index (χ1n) is 10.0. The summed E-state index contributed by atoms with van der Waals surface area (Å²) >= 11 is 0. The molecule has 0 aromatic carbocycles. The van der Waals surface area contributed by atoms with Crippen molar-refractivity contribution in [2.45, 2.75) is 32.2 Å². The second kappa shape index (κ2) is 7.24. The first-order valence-corrected chi connectivity index (χ1v) is 10.0. The van der Waals surface area contributed by atoms with E-state index in [9.17, 15) is 19.5 Å². The Labute approximate surface area is 164 Å². The van der Waals surface area contributed by atoms with Gasteiger partial charge in [-0.25, -0.2) is 0 Å². The van der Waals surface area contributed by atoms with E-state index in [4.69, 9.17) is 4.42 Å². The Morgan fingerprint density at radius 1 is 1.21 bits per heavy atom. The molecule has 0 spiro atoms. The van der Waals surface area contributed by atoms with Crippen LogP contribution in [0.3, 0.4) is 0 Å². The number of nitrogens with zero attached hydrogens (tertiary/aromatic N) is 3. The number of piperazine rings is 1. The number of rotatable bonds is 4. The fraction of sp³-hybridized carbons (Fsp3) is 0.650. The summed E-state index contributed by atoms with van der Waals surface area (Å²) in [7, 11) is 0. The van der Waals surface area contributed by atoms with E-state index < -0.39 is 11.4 Å². The van der Waals surface area contributed by atoms with E-state index in [-0.39, 0.29) is 23.8 Å². The van der Waals surface area contributed by atoms with Gasteiger partial charge < -0.3 is 19.3 Å². The third-order valence-corrected chi connectivity index (χ3v) is 6.84. The molecule has 8 heteroatoms. The van der Waals surface area contributed by atoms with Crippen LogP contribution in [0, 0.1) is 11.3 Å². The summed E-state index contributed by atoms with van der Waals surface area (Å²) in [6, 6.07) is 2.99. The molecule has 3 atom stereocenters. The standard InChI is InChI=1S/C20H27N3O5/c1-14(23-12-15-4-2-6-20(15,13-23)19(26)27)17(24)21-7-9-22(10-8-21)18(25)16-5-3-11-28-16/h3,5,11,14-15H,2,4,6-10,12-13H2,1H3,(H,26,27)/t14?,15-,20+/m0/s1. The summed E-state index contributed by atoms with van der Waals surface area (Å²) in [5, 5.41) is 9.75. The van der Waals surface area contributed by atoms with Gasteiger partial charge in [-0.15, -0.1) is 0 Å². The van der Waals surface area contributed by atoms with Crippen molar-refractivity contribution in [1.29, 1.82) is 0 Å². The number of carbonyl (C=O) groups is 3. The quantitative estimate of drug-likeness (QED) is 0.830. The lowest BCUT2D eigenvalue weighted by atomic mass is 9.81. The molecule has 1 N–H and O–H groups in total. The minimum absolute atomic E-state index is 0.0191. The number of carboxylic acid groups (broad SMARTS) is 1. The van der Waals surface area contributed by atoms with E-state index in [1.54, 1.807) is 21.9 Å². The predicted octanol–water partition coefficient (Wildman–Crippen LogP) is 1.14. The molecule has 1 unspecified atom stereocenters. The molecule has 28 heavy (non-hydrogen) atoms. The van der Waals surface area contributed by atoms with Crippen molar-refractivity contribution in [3.05, 3.63) is 24.2 Å². The van der Waals surface area contributed by atoms with Crippen molar-refractivity contribution < 1.29 is 23.9 Å². The molecule has 1 aromatic heterocycles. The fourth-order valence-electron chi connectivity index (χ4n) is 5.08. The lowest BCUT2D eigenvalue weighted by Crippen LogP contribution is -2.55. The Balaban J connectivity index is 1.34. The zero-order valence-electron chi connectivity index (χ0n) is 16.2. The van der Waals surface area contributed by atoms with Gasteiger partial charge in [0.05, 0.1) is 17.7 Å². The Bertz CT molecular complexity index is 756. The van der Waals surface area contributed by atoms with E-state index in [0.717, 1.165) is 12.8 Å². The molecule has 3 heterocycles. The van der Waals surface area contributed by atoms with E-state index in [1.165, 1.54) is 6.26 Å². The van der Waals surface area contributed by atoms with Crippen molar-refractivity contribution >= 4 is 17.8 Å². The summed E-state index contributed by atoms with van der Waals surface area (Å²) in [6.45, 7) is 4.92. The second-order valence-electron chi connectivity index (χ2n) is 8.25. The number of likely N-dealkylation sites (tertiary alicyclic amines) is 1. The van der Waals surface area contributed by atoms with Crippen LogP contribution in [0.4, 0.5) is 0 Å². The molecule has 1 saturated carbocycles. The van der Waals surface area contributed by atoms with Gasteiger partial charge in [-0.05, 0) is 37.8 Å². The van der Waals surface area contributed by atoms with Gasteiger partial charge in [0.25, 0.3) is 5.91 Å². The third-order valence-electron chi connectivity index (χ3n) is 6.84. The van der Waals surface area contributed by atoms with Crippen LogP contribution >= 0.6 is 0 Å². The van der Waals surface area contributed by atoms with Gasteiger partial charge in [0.1, 0.15) is 0 Å². The third kappa shape index (κ3) is 3.09. The van der Waals surface area contributed by atoms with Crippen molar-refractivity contribution in [3.63, 3.8) is 0 Å². The van der Waals surface area contributed by atoms with Crippen LogP contribution in [-0.4, -0.2) is 82.9 Å². The monoisotopic (exact) mass is 389 g/mol. The summed E-state index contributed by atoms with van der Waals surface area (Å²) in [6.07, 6.45) is 4.07. The molecular weight excluding hydrogens is 362 g/mol. The second-order valence-corrected chi connectivity index (χ2v) is 8.25. The Kier molecular flexibility index (Phi) is 4.91. The first kappa shape index (κ1) is 19.0. The zero-order chi connectivity index (χ0) is 19.9. The maximum Gasteiger partial charge on any atom is 0.311 e. The average molecular weight is 389 g/mol. The van der Waals surface area contributed by atoms with Crippen molar-refractivity contribution in [3.8, 4) is 0 Å². The highest BCUT2D eigenvalue weighted by atomic mass is 16.4. The number of furan rings is 1. The molecule has 4 rings (SSSR count). The van der Waals surface area contributed by atoms with Crippen LogP contribution in [0.1, 0.15) is 36.7 Å². The number of aliphatic carboxylic acids is 1. The van der Waals surface area contributed by atoms with Crippen molar-refractivity contribution in [2.75, 3.05) is 39.3 Å². The molecule has 2 saturated heterocycles. The largest absolute Gasteiger partial charge is 0.481 e. The zero-order valence-corrected chi connectivity index (χ0v) is 16.2. The van der Waals surface area contributed by atoms with Gasteiger partial charge in [-0.1, -0.05) is 6.42 Å². The van der Waals surface area contributed by atoms with Gasteiger partial charge in [-0.3, -0.25) is 19.3 Å². The molecule has 3 aliphatic rings. The van der Waals surface area contributed by atoms with Crippen LogP contribution in [0.2, 0.25) is 0 Å². The lowest BCUT2D eigenvalue weighted by Gasteiger charge is -2.37. The highest BCUT2D eigenvalue weighted by Gasteiger charge is 2.56. The van der Waals surface area contributed by atoms with Crippen LogP contribution in [0.5, 0.6) is 0 Å². The molecule has 1 aromatic rings. The van der Waals surface area contributed by atoms with Crippen LogP contribution < -0.4 is 0 Å². The van der Waals surface area contributed by atoms with E-state index in [0.29, 0.717) is 51.4 Å². The molecule has 2 aliphatic heterocycles. The number of amides is 2. The predicted molar refractivity (Wildman–Crippen MR) is 99.6 cm³/mol. The topological polar surface area (TPSA) is 94.3 Å². The summed E-state index contributed by atoms with van der Waals surface area (Å²) in [5.74, 6) is -0.396. The van der Waals surface area contributed by atoms with Crippen molar-refractivity contribution in [2.24, 2.45) is 11.3 Å². The number of carbonyl (C=O) groups excluding carboxylic acids is 2. The molecule has 2 amide bonds. The summed E-state index contributed by atoms with van der Waals surface area (Å²) in [5.41, 5.74) is -0.678. The molecule has 3 fully saturated rings. The molecule has 8 nitrogen and oxygen atoms in total. The minimum atomic E-state index is -0.720. The smallest absolute Gasteiger partial charge is 0.311 e. The van der Waals surface area contributed by atoms with E-state index >= 15 is 0 Å². The normalized spacial score (nSPS) is 29.0. The highest BCUT2D eigenvalue weighted by Crippen LogP contribution is 2.49. The maximum atomic E-state index is 13.0. The molecule has 0 radical (unpaired) electrons. The summed E-state index contributed by atoms with van der Waals surface area (Å²) in [4.78, 5) is 42.8. The maximum absolute atomic E-state index is 13.0. The SMILES string of the molecule is CC(C(=O)N1CCN(C(=O)c2ccco2)CC1)N1C[C@@H]2CCC[C@@]2(C(=O)O)C1. The van der Waals surface area contributed by atoms with Gasteiger partial charge in [0, 0.05) is 39.3 Å². The Morgan fingerprint density at radius 3 is 2.54 bits per heavy atom. The van der Waals surface area contributed by atoms with Crippen LogP contribution in [-0.2, 0) is 9.59 Å². The first-order chi connectivity index (χ1) is 13.4. The number of hydrogen-bond acceptors (Lipinski definition) is 5. The number of fused-ring (bicyclic) bond motifs is 1. The molecule has 1 aliphatic carbocycles. The van der Waals surface area contributed by atoms with E-state index in [1.807, 2.05) is 11.8 Å². The molecule has 0 bridgehead atoms. The summed E-state index contributed by atoms with van der Waals surface area (Å²) < 4.78 is 5.17. The van der Waals surface area contributed by atoms with Gasteiger partial charge >= 0.3 is 5.97 Å². The van der Waals surface area contributed by atoms with Crippen LogP contribution in [0.25, 0.3) is 0 Å². The van der Waals surface area contributed by atoms with Crippen LogP contribution in [0.15, 0.2) is 22.8 Å². The Morgan fingerprint density at radius 2 is 1.93 bits per heavy atom. The fourth-order valence-corrected chi connectivity index (χ4v) is 5.08. The average Bonchev–Trinajstić information content (AvgIpc) is 3.42. The van der Waals surface area contributed by atoms with E-state index in [2.05, 4.69) is 0 Å². The molecular formula is C20H27N3O5. The van der Waals surface area contributed by atoms with Gasteiger partial charge in [0.2, 0.25) is 5.91 Å². The Hall–Kier alpha value is -2.35. The minimum Gasteiger partial charge on any atom is -0.481 e. The van der Waals surface area contributed by atoms with Crippen molar-refractivity contribution in [1.82, 2.24) is 14.7 Å².